The molecule has 0 spiro atoms. The zero-order valence-electron chi connectivity index (χ0n) is 14.6. The highest BCUT2D eigenvalue weighted by Gasteiger charge is 2.09. The minimum atomic E-state index is -0.453. The zero-order valence-corrected chi connectivity index (χ0v) is 14.6. The van der Waals surface area contributed by atoms with Crippen molar-refractivity contribution in [3.05, 3.63) is 68.0 Å². The maximum Gasteiger partial charge on any atom is 0.323 e. The number of rotatable bonds is 3. The summed E-state index contributed by atoms with van der Waals surface area (Å²) in [5.74, 6) is 0.522. The molecule has 0 aliphatic rings. The summed E-state index contributed by atoms with van der Waals surface area (Å²) >= 11 is 0. The lowest BCUT2D eigenvalue weighted by molar-refractivity contribution is 0.411. The number of H-pyrrole nitrogens is 3. The fourth-order valence-electron chi connectivity index (χ4n) is 2.92. The van der Waals surface area contributed by atoms with Crippen LogP contribution in [0.15, 0.2) is 39.9 Å². The monoisotopic (exact) mass is 364 g/mol. The van der Waals surface area contributed by atoms with E-state index >= 15 is 0 Å². The molecule has 0 aliphatic heterocycles. The van der Waals surface area contributed by atoms with E-state index in [1.54, 1.807) is 31.4 Å². The number of aliphatic hydroxyl groups excluding tert-OH is 1. The van der Waals surface area contributed by atoms with Crippen LogP contribution in [0.4, 0.5) is 0 Å². The van der Waals surface area contributed by atoms with Gasteiger partial charge in [-0.2, -0.15) is 0 Å². The lowest BCUT2D eigenvalue weighted by Gasteiger charge is -2.07. The molecule has 4 aromatic rings. The number of hydrogen-bond acceptors (Lipinski definition) is 5. The van der Waals surface area contributed by atoms with Crippen molar-refractivity contribution in [3.8, 4) is 5.75 Å². The van der Waals surface area contributed by atoms with Crippen LogP contribution >= 0.6 is 0 Å². The van der Waals surface area contributed by atoms with E-state index in [1.165, 1.54) is 6.08 Å². The summed E-state index contributed by atoms with van der Waals surface area (Å²) in [7, 11) is 1.55. The molecule has 0 aliphatic carbocycles. The first-order chi connectivity index (χ1) is 12.9. The number of imidazole rings is 1. The first-order valence-electron chi connectivity index (χ1n) is 8.16. The number of aromatic nitrogens is 4. The largest absolute Gasteiger partial charge is 0.507 e. The van der Waals surface area contributed by atoms with Crippen LogP contribution in [0, 0.1) is 6.92 Å². The Morgan fingerprint density at radius 3 is 2.56 bits per heavy atom. The number of aromatic amines is 3. The zero-order chi connectivity index (χ0) is 19.1. The van der Waals surface area contributed by atoms with Crippen LogP contribution in [0.1, 0.15) is 16.8 Å². The predicted octanol–water partition coefficient (Wildman–Crippen LogP) is 2.47. The van der Waals surface area contributed by atoms with Crippen molar-refractivity contribution in [3.63, 3.8) is 0 Å². The van der Waals surface area contributed by atoms with Gasteiger partial charge in [0, 0.05) is 11.6 Å². The average molecular weight is 364 g/mol. The average Bonchev–Trinajstić information content (AvgIpc) is 2.99. The van der Waals surface area contributed by atoms with Crippen LogP contribution < -0.4 is 16.0 Å². The second-order valence-corrected chi connectivity index (χ2v) is 6.16. The Balaban J connectivity index is 1.83. The summed E-state index contributed by atoms with van der Waals surface area (Å²) in [6, 6.07) is 8.52. The van der Waals surface area contributed by atoms with Gasteiger partial charge in [0.1, 0.15) is 17.2 Å². The molecule has 0 atom stereocenters. The third kappa shape index (κ3) is 2.97. The first-order valence-corrected chi connectivity index (χ1v) is 8.16. The number of nitrogens with one attached hydrogen (secondary N) is 3. The Morgan fingerprint density at radius 1 is 1.07 bits per heavy atom. The minimum Gasteiger partial charge on any atom is -0.507 e. The lowest BCUT2D eigenvalue weighted by Crippen LogP contribution is -2.12. The van der Waals surface area contributed by atoms with Gasteiger partial charge in [0.15, 0.2) is 0 Å². The van der Waals surface area contributed by atoms with E-state index < -0.39 is 5.56 Å². The van der Waals surface area contributed by atoms with Gasteiger partial charge in [-0.1, -0.05) is 12.1 Å². The molecule has 0 unspecified atom stereocenters. The topological polar surface area (TPSA) is 124 Å². The predicted molar refractivity (Wildman–Crippen MR) is 103 cm³/mol. The molecule has 136 valence electrons. The molecule has 27 heavy (non-hydrogen) atoms. The number of ether oxygens (including phenoxy) is 1. The summed E-state index contributed by atoms with van der Waals surface area (Å²) in [6.07, 6.45) is 1.30. The van der Waals surface area contributed by atoms with E-state index in [0.717, 1.165) is 5.56 Å². The molecule has 0 fully saturated rings. The van der Waals surface area contributed by atoms with Crippen molar-refractivity contribution in [2.24, 2.45) is 0 Å². The van der Waals surface area contributed by atoms with E-state index in [0.29, 0.717) is 33.4 Å². The second-order valence-electron chi connectivity index (χ2n) is 6.16. The summed E-state index contributed by atoms with van der Waals surface area (Å²) in [4.78, 5) is 36.1. The molecule has 8 heteroatoms. The van der Waals surface area contributed by atoms with Crippen LogP contribution in [0.2, 0.25) is 0 Å². The number of aryl methyl sites for hydroxylation is 1. The highest BCUT2D eigenvalue weighted by molar-refractivity contribution is 5.91. The Kier molecular flexibility index (Phi) is 3.80. The van der Waals surface area contributed by atoms with Gasteiger partial charge in [0.05, 0.1) is 29.2 Å². The third-order valence-corrected chi connectivity index (χ3v) is 4.33. The number of methoxy groups -OCH3 is 1. The molecule has 8 nitrogen and oxygen atoms in total. The van der Waals surface area contributed by atoms with Gasteiger partial charge in [-0.25, -0.2) is 9.78 Å². The lowest BCUT2D eigenvalue weighted by atomic mass is 10.1. The third-order valence-electron chi connectivity index (χ3n) is 4.33. The van der Waals surface area contributed by atoms with Gasteiger partial charge in [0.25, 0.3) is 5.56 Å². The van der Waals surface area contributed by atoms with Gasteiger partial charge in [-0.05, 0) is 30.7 Å². The van der Waals surface area contributed by atoms with E-state index in [1.807, 2.05) is 13.0 Å². The Labute approximate surface area is 152 Å². The van der Waals surface area contributed by atoms with Crippen molar-refractivity contribution in [2.75, 3.05) is 7.11 Å². The van der Waals surface area contributed by atoms with Gasteiger partial charge in [-0.3, -0.25) is 4.79 Å². The van der Waals surface area contributed by atoms with Gasteiger partial charge >= 0.3 is 5.69 Å². The van der Waals surface area contributed by atoms with Gasteiger partial charge in [0.2, 0.25) is 0 Å². The molecule has 2 aromatic carbocycles. The maximum atomic E-state index is 12.3. The first kappa shape index (κ1) is 16.6. The normalized spacial score (nSPS) is 12.0. The molecule has 2 heterocycles. The molecule has 0 radical (unpaired) electrons. The number of hydrogen-bond donors (Lipinski definition) is 4. The summed E-state index contributed by atoms with van der Waals surface area (Å²) in [5.41, 5.74) is 2.81. The molecule has 4 rings (SSSR count). The van der Waals surface area contributed by atoms with Gasteiger partial charge < -0.3 is 24.8 Å². The van der Waals surface area contributed by atoms with E-state index in [-0.39, 0.29) is 17.1 Å². The van der Waals surface area contributed by atoms with E-state index in [2.05, 4.69) is 19.9 Å². The Hall–Kier alpha value is -3.81. The van der Waals surface area contributed by atoms with Crippen LogP contribution in [0.5, 0.6) is 5.75 Å². The molecule has 0 amide bonds. The van der Waals surface area contributed by atoms with Crippen LogP contribution in [0.3, 0.4) is 0 Å². The Morgan fingerprint density at radius 2 is 1.81 bits per heavy atom. The van der Waals surface area contributed by atoms with Crippen molar-refractivity contribution in [1.29, 1.82) is 0 Å². The van der Waals surface area contributed by atoms with Crippen LogP contribution in [-0.4, -0.2) is 32.2 Å². The van der Waals surface area contributed by atoms with Crippen LogP contribution in [-0.2, 0) is 0 Å². The van der Waals surface area contributed by atoms with Gasteiger partial charge in [-0.15, -0.1) is 0 Å². The molecule has 0 saturated heterocycles. The summed E-state index contributed by atoms with van der Waals surface area (Å²) < 4.78 is 5.26. The molecular weight excluding hydrogens is 348 g/mol. The number of benzene rings is 2. The number of fused-ring (bicyclic) bond motifs is 2. The quantitative estimate of drug-likeness (QED) is 0.416. The fraction of sp³-hybridized carbons (Fsp3) is 0.105. The molecule has 2 aromatic heterocycles. The minimum absolute atomic E-state index is 0.0526. The SMILES string of the molecule is COc1cc(/C(O)=C/c2nc3cc4[nH]c(=O)[nH]c4cc3[nH]c2=O)ccc1C. The Bertz CT molecular complexity index is 1330. The molecular formula is C19H16N4O4. The molecule has 4 N–H and O–H groups in total. The standard InChI is InChI=1S/C19H16N4O4/c1-9-3-4-10(5-17(9)27-2)16(24)8-15-18(25)21-12-7-14-13(6-11(12)20-15)22-19(26)23-14/h3-8,24H,1-2H3,(H,21,25)(H2,22,23,26)/b16-8-. The van der Waals surface area contributed by atoms with Crippen molar-refractivity contribution >= 4 is 33.9 Å². The number of aliphatic hydroxyl groups is 1. The van der Waals surface area contributed by atoms with Crippen molar-refractivity contribution in [1.82, 2.24) is 19.9 Å². The highest BCUT2D eigenvalue weighted by atomic mass is 16.5. The second kappa shape index (κ2) is 6.17. The van der Waals surface area contributed by atoms with Crippen LogP contribution in [0.25, 0.3) is 33.9 Å². The van der Waals surface area contributed by atoms with E-state index in [9.17, 15) is 14.7 Å². The molecule has 0 bridgehead atoms. The number of nitrogens with zero attached hydrogens (tertiary/aromatic N) is 1. The smallest absolute Gasteiger partial charge is 0.323 e. The highest BCUT2D eigenvalue weighted by Crippen LogP contribution is 2.23. The van der Waals surface area contributed by atoms with Crippen molar-refractivity contribution in [2.45, 2.75) is 6.92 Å². The van der Waals surface area contributed by atoms with E-state index in [4.69, 9.17) is 4.74 Å². The fourth-order valence-corrected chi connectivity index (χ4v) is 2.92. The summed E-state index contributed by atoms with van der Waals surface area (Å²) in [5, 5.41) is 10.4. The summed E-state index contributed by atoms with van der Waals surface area (Å²) in [6.45, 7) is 1.89. The van der Waals surface area contributed by atoms with Crippen molar-refractivity contribution < 1.29 is 9.84 Å². The maximum absolute atomic E-state index is 12.3. The molecule has 0 saturated carbocycles.